The number of rotatable bonds is 3. The summed E-state index contributed by atoms with van der Waals surface area (Å²) < 4.78 is 0. The van der Waals surface area contributed by atoms with Crippen LogP contribution in [0.5, 0.6) is 0 Å². The zero-order chi connectivity index (χ0) is 13.9. The van der Waals surface area contributed by atoms with Crippen molar-refractivity contribution in [3.05, 3.63) is 35.2 Å². The monoisotopic (exact) mass is 287 g/mol. The van der Waals surface area contributed by atoms with E-state index in [0.29, 0.717) is 0 Å². The molecule has 2 heterocycles. The SMILES string of the molecule is CC(=O)c1sc(N2CCNCC2)nc1-c1ccccc1. The molecule has 2 aromatic rings. The number of thiazole rings is 1. The predicted octanol–water partition coefficient (Wildman–Crippen LogP) is 2.42. The third-order valence-corrected chi connectivity index (χ3v) is 4.59. The first kappa shape index (κ1) is 13.3. The van der Waals surface area contributed by atoms with E-state index in [-0.39, 0.29) is 5.78 Å². The van der Waals surface area contributed by atoms with E-state index in [1.54, 1.807) is 6.92 Å². The van der Waals surface area contributed by atoms with Crippen LogP contribution in [0.2, 0.25) is 0 Å². The molecule has 4 nitrogen and oxygen atoms in total. The number of carbonyl (C=O) groups excluding carboxylic acids is 1. The highest BCUT2D eigenvalue weighted by molar-refractivity contribution is 7.18. The molecule has 0 bridgehead atoms. The topological polar surface area (TPSA) is 45.2 Å². The molecule has 1 N–H and O–H groups in total. The predicted molar refractivity (Wildman–Crippen MR) is 82.6 cm³/mol. The second kappa shape index (κ2) is 5.73. The van der Waals surface area contributed by atoms with Gasteiger partial charge in [0.05, 0.1) is 10.6 Å². The number of hydrogen-bond acceptors (Lipinski definition) is 5. The number of nitrogens with zero attached hydrogens (tertiary/aromatic N) is 2. The zero-order valence-electron chi connectivity index (χ0n) is 11.4. The summed E-state index contributed by atoms with van der Waals surface area (Å²) in [6, 6.07) is 9.93. The van der Waals surface area contributed by atoms with Crippen LogP contribution in [0.15, 0.2) is 30.3 Å². The van der Waals surface area contributed by atoms with Gasteiger partial charge in [-0.15, -0.1) is 0 Å². The summed E-state index contributed by atoms with van der Waals surface area (Å²) >= 11 is 1.51. The molecule has 0 aliphatic carbocycles. The van der Waals surface area contributed by atoms with Gasteiger partial charge in [0, 0.05) is 38.7 Å². The van der Waals surface area contributed by atoms with E-state index in [1.807, 2.05) is 30.3 Å². The zero-order valence-corrected chi connectivity index (χ0v) is 12.2. The quantitative estimate of drug-likeness (QED) is 0.881. The minimum Gasteiger partial charge on any atom is -0.346 e. The molecule has 1 fully saturated rings. The van der Waals surface area contributed by atoms with Gasteiger partial charge in [0.25, 0.3) is 0 Å². The molecule has 3 rings (SSSR count). The first-order valence-corrected chi connectivity index (χ1v) is 7.60. The number of aromatic nitrogens is 1. The molecule has 0 atom stereocenters. The molecular formula is C15H17N3OS. The van der Waals surface area contributed by atoms with E-state index < -0.39 is 0 Å². The molecule has 20 heavy (non-hydrogen) atoms. The van der Waals surface area contributed by atoms with Gasteiger partial charge < -0.3 is 10.2 Å². The van der Waals surface area contributed by atoms with Gasteiger partial charge in [-0.2, -0.15) is 0 Å². The van der Waals surface area contributed by atoms with Crippen molar-refractivity contribution >= 4 is 22.3 Å². The van der Waals surface area contributed by atoms with Crippen LogP contribution in [-0.4, -0.2) is 36.9 Å². The Hall–Kier alpha value is -1.72. The number of piperazine rings is 1. The molecule has 1 aromatic heterocycles. The van der Waals surface area contributed by atoms with Crippen LogP contribution >= 0.6 is 11.3 Å². The van der Waals surface area contributed by atoms with Crippen molar-refractivity contribution in [3.8, 4) is 11.3 Å². The van der Waals surface area contributed by atoms with Crippen LogP contribution in [0, 0.1) is 0 Å². The molecule has 104 valence electrons. The summed E-state index contributed by atoms with van der Waals surface area (Å²) in [5, 5.41) is 4.28. The third kappa shape index (κ3) is 2.59. The Kier molecular flexibility index (Phi) is 3.80. The fourth-order valence-electron chi connectivity index (χ4n) is 2.33. The highest BCUT2D eigenvalue weighted by Gasteiger charge is 2.20. The summed E-state index contributed by atoms with van der Waals surface area (Å²) in [7, 11) is 0. The fraction of sp³-hybridized carbons (Fsp3) is 0.333. The summed E-state index contributed by atoms with van der Waals surface area (Å²) in [5.41, 5.74) is 1.83. The minimum absolute atomic E-state index is 0.0859. The summed E-state index contributed by atoms with van der Waals surface area (Å²) in [5.74, 6) is 0.0859. The van der Waals surface area contributed by atoms with Gasteiger partial charge in [0.15, 0.2) is 10.9 Å². The number of Topliss-reactive ketones (excluding diaryl/α,β-unsaturated/α-hetero) is 1. The Morgan fingerprint density at radius 2 is 1.95 bits per heavy atom. The van der Waals surface area contributed by atoms with Crippen LogP contribution in [0.3, 0.4) is 0 Å². The van der Waals surface area contributed by atoms with E-state index in [9.17, 15) is 4.79 Å². The lowest BCUT2D eigenvalue weighted by atomic mass is 10.1. The van der Waals surface area contributed by atoms with E-state index in [2.05, 4.69) is 10.2 Å². The molecule has 1 aromatic carbocycles. The van der Waals surface area contributed by atoms with Crippen LogP contribution in [0.4, 0.5) is 5.13 Å². The average Bonchev–Trinajstić information content (AvgIpc) is 2.94. The number of ketones is 1. The van der Waals surface area contributed by atoms with Crippen molar-refractivity contribution in [2.45, 2.75) is 6.92 Å². The number of carbonyl (C=O) groups is 1. The van der Waals surface area contributed by atoms with Gasteiger partial charge in [-0.05, 0) is 0 Å². The molecule has 5 heteroatoms. The number of anilines is 1. The molecule has 0 radical (unpaired) electrons. The maximum absolute atomic E-state index is 11.9. The van der Waals surface area contributed by atoms with Crippen LogP contribution in [-0.2, 0) is 0 Å². The van der Waals surface area contributed by atoms with Gasteiger partial charge >= 0.3 is 0 Å². The Labute approximate surface area is 122 Å². The first-order valence-electron chi connectivity index (χ1n) is 6.78. The van der Waals surface area contributed by atoms with E-state index in [0.717, 1.165) is 47.4 Å². The number of nitrogens with one attached hydrogen (secondary N) is 1. The van der Waals surface area contributed by atoms with Crippen molar-refractivity contribution in [3.63, 3.8) is 0 Å². The van der Waals surface area contributed by atoms with Crippen molar-refractivity contribution in [2.75, 3.05) is 31.1 Å². The summed E-state index contributed by atoms with van der Waals surface area (Å²) in [4.78, 5) is 19.6. The average molecular weight is 287 g/mol. The normalized spacial score (nSPS) is 15.3. The molecule has 0 saturated carbocycles. The number of benzene rings is 1. The molecule has 0 spiro atoms. The van der Waals surface area contributed by atoms with Crippen molar-refractivity contribution in [1.29, 1.82) is 0 Å². The summed E-state index contributed by atoms with van der Waals surface area (Å²) in [6.45, 7) is 5.44. The molecular weight excluding hydrogens is 270 g/mol. The van der Waals surface area contributed by atoms with Crippen molar-refractivity contribution in [1.82, 2.24) is 10.3 Å². The van der Waals surface area contributed by atoms with Gasteiger partial charge in [0.1, 0.15) is 0 Å². The van der Waals surface area contributed by atoms with E-state index in [1.165, 1.54) is 11.3 Å². The Balaban J connectivity index is 2.00. The lowest BCUT2D eigenvalue weighted by molar-refractivity contribution is 0.102. The van der Waals surface area contributed by atoms with Crippen LogP contribution < -0.4 is 10.2 Å². The second-order valence-corrected chi connectivity index (χ2v) is 5.81. The lowest BCUT2D eigenvalue weighted by Gasteiger charge is -2.26. The van der Waals surface area contributed by atoms with Crippen molar-refractivity contribution in [2.24, 2.45) is 0 Å². The number of hydrogen-bond donors (Lipinski definition) is 1. The molecule has 0 unspecified atom stereocenters. The highest BCUT2D eigenvalue weighted by Crippen LogP contribution is 2.33. The molecule has 1 saturated heterocycles. The third-order valence-electron chi connectivity index (χ3n) is 3.37. The maximum atomic E-state index is 11.9. The Bertz CT molecular complexity index is 603. The summed E-state index contributed by atoms with van der Waals surface area (Å²) in [6.07, 6.45) is 0. The van der Waals surface area contributed by atoms with Gasteiger partial charge in [-0.25, -0.2) is 4.98 Å². The maximum Gasteiger partial charge on any atom is 0.186 e. The Morgan fingerprint density at radius 3 is 2.60 bits per heavy atom. The molecule has 1 aliphatic rings. The van der Waals surface area contributed by atoms with Gasteiger partial charge in [0.2, 0.25) is 0 Å². The van der Waals surface area contributed by atoms with Crippen molar-refractivity contribution < 1.29 is 4.79 Å². The van der Waals surface area contributed by atoms with Crippen LogP contribution in [0.1, 0.15) is 16.6 Å². The van der Waals surface area contributed by atoms with Gasteiger partial charge in [-0.3, -0.25) is 4.79 Å². The lowest BCUT2D eigenvalue weighted by Crippen LogP contribution is -2.43. The molecule has 0 amide bonds. The highest BCUT2D eigenvalue weighted by atomic mass is 32.1. The molecule has 1 aliphatic heterocycles. The largest absolute Gasteiger partial charge is 0.346 e. The van der Waals surface area contributed by atoms with E-state index >= 15 is 0 Å². The minimum atomic E-state index is 0.0859. The first-order chi connectivity index (χ1) is 9.75. The Morgan fingerprint density at radius 1 is 1.25 bits per heavy atom. The standard InChI is InChI=1S/C15H17N3OS/c1-11(19)14-13(12-5-3-2-4-6-12)17-15(20-14)18-9-7-16-8-10-18/h2-6,16H,7-10H2,1H3. The van der Waals surface area contributed by atoms with E-state index in [4.69, 9.17) is 4.98 Å². The van der Waals surface area contributed by atoms with Gasteiger partial charge in [-0.1, -0.05) is 41.7 Å². The second-order valence-electron chi connectivity index (χ2n) is 4.83. The van der Waals surface area contributed by atoms with Crippen LogP contribution in [0.25, 0.3) is 11.3 Å². The smallest absolute Gasteiger partial charge is 0.186 e. The fourth-order valence-corrected chi connectivity index (χ4v) is 3.37.